The molecule has 1 aliphatic carbocycles. The third-order valence-corrected chi connectivity index (χ3v) is 4.47. The van der Waals surface area contributed by atoms with E-state index in [0.29, 0.717) is 6.04 Å². The van der Waals surface area contributed by atoms with Crippen LogP contribution in [0.25, 0.3) is 5.65 Å². The molecule has 1 unspecified atom stereocenters. The number of aromatic nitrogens is 3. The highest BCUT2D eigenvalue weighted by Crippen LogP contribution is 2.29. The van der Waals surface area contributed by atoms with Gasteiger partial charge in [-0.1, -0.05) is 26.2 Å². The second-order valence-corrected chi connectivity index (χ2v) is 6.00. The van der Waals surface area contributed by atoms with Gasteiger partial charge in [-0.3, -0.25) is 0 Å². The van der Waals surface area contributed by atoms with Crippen molar-refractivity contribution in [2.45, 2.75) is 58.4 Å². The molecule has 2 aromatic heterocycles. The number of hydrogen-bond donors (Lipinski definition) is 1. The zero-order valence-electron chi connectivity index (χ0n) is 12.5. The molecule has 3 rings (SSSR count). The van der Waals surface area contributed by atoms with Crippen molar-refractivity contribution < 1.29 is 0 Å². The highest BCUT2D eigenvalue weighted by molar-refractivity contribution is 5.45. The predicted octanol–water partition coefficient (Wildman–Crippen LogP) is 3.81. The molecular formula is C16H24N4. The molecule has 0 aromatic carbocycles. The first-order chi connectivity index (χ1) is 9.76. The highest BCUT2D eigenvalue weighted by Gasteiger charge is 2.23. The maximum Gasteiger partial charge on any atom is 0.243 e. The van der Waals surface area contributed by atoms with Crippen molar-refractivity contribution in [3.63, 3.8) is 0 Å². The van der Waals surface area contributed by atoms with Gasteiger partial charge in [0.05, 0.1) is 0 Å². The number of pyridine rings is 1. The molecule has 2 aromatic rings. The molecule has 20 heavy (non-hydrogen) atoms. The van der Waals surface area contributed by atoms with Gasteiger partial charge < -0.3 is 5.32 Å². The number of fused-ring (bicyclic) bond motifs is 1. The first-order valence-corrected chi connectivity index (χ1v) is 7.86. The standard InChI is InChI=1S/C16H24N4/c1-3-14(13-7-5-4-6-8-13)17-16-18-15-11-12(2)9-10-20(15)19-16/h9-11,13-14H,3-8H2,1-2H3,(H,17,19). The number of anilines is 1. The number of nitrogens with zero attached hydrogens (tertiary/aromatic N) is 3. The van der Waals surface area contributed by atoms with E-state index in [1.807, 2.05) is 10.7 Å². The van der Waals surface area contributed by atoms with Gasteiger partial charge >= 0.3 is 0 Å². The summed E-state index contributed by atoms with van der Waals surface area (Å²) in [6, 6.07) is 4.64. The van der Waals surface area contributed by atoms with Crippen LogP contribution in [-0.2, 0) is 0 Å². The van der Waals surface area contributed by atoms with E-state index >= 15 is 0 Å². The molecule has 0 radical (unpaired) electrons. The minimum Gasteiger partial charge on any atom is -0.350 e. The molecule has 1 atom stereocenters. The summed E-state index contributed by atoms with van der Waals surface area (Å²) in [7, 11) is 0. The van der Waals surface area contributed by atoms with Crippen LogP contribution in [0.15, 0.2) is 18.3 Å². The van der Waals surface area contributed by atoms with Crippen LogP contribution in [0.1, 0.15) is 51.0 Å². The van der Waals surface area contributed by atoms with Gasteiger partial charge in [0.2, 0.25) is 5.95 Å². The molecule has 0 bridgehead atoms. The molecule has 108 valence electrons. The third-order valence-electron chi connectivity index (χ3n) is 4.47. The Kier molecular flexibility index (Phi) is 3.90. The Morgan fingerprint density at radius 2 is 2.15 bits per heavy atom. The van der Waals surface area contributed by atoms with E-state index in [1.165, 1.54) is 37.7 Å². The summed E-state index contributed by atoms with van der Waals surface area (Å²) >= 11 is 0. The summed E-state index contributed by atoms with van der Waals surface area (Å²) in [5, 5.41) is 8.10. The quantitative estimate of drug-likeness (QED) is 0.920. The first kappa shape index (κ1) is 13.4. The van der Waals surface area contributed by atoms with Gasteiger partial charge in [0.25, 0.3) is 0 Å². The van der Waals surface area contributed by atoms with Crippen LogP contribution in [0.4, 0.5) is 5.95 Å². The van der Waals surface area contributed by atoms with Crippen LogP contribution in [0.2, 0.25) is 0 Å². The molecule has 1 saturated carbocycles. The fourth-order valence-electron chi connectivity index (χ4n) is 3.30. The van der Waals surface area contributed by atoms with E-state index < -0.39 is 0 Å². The number of aryl methyl sites for hydroxylation is 1. The summed E-state index contributed by atoms with van der Waals surface area (Å²) in [6.07, 6.45) is 9.96. The Balaban J connectivity index is 1.76. The van der Waals surface area contributed by atoms with Crippen LogP contribution in [0.5, 0.6) is 0 Å². The fraction of sp³-hybridized carbons (Fsp3) is 0.625. The molecular weight excluding hydrogens is 248 g/mol. The number of hydrogen-bond acceptors (Lipinski definition) is 3. The molecule has 2 heterocycles. The van der Waals surface area contributed by atoms with E-state index in [9.17, 15) is 0 Å². The van der Waals surface area contributed by atoms with E-state index in [-0.39, 0.29) is 0 Å². The molecule has 0 amide bonds. The lowest BCUT2D eigenvalue weighted by Crippen LogP contribution is -2.30. The van der Waals surface area contributed by atoms with Crippen molar-refractivity contribution in [1.82, 2.24) is 14.6 Å². The molecule has 0 aliphatic heterocycles. The second-order valence-electron chi connectivity index (χ2n) is 6.00. The van der Waals surface area contributed by atoms with E-state index in [4.69, 9.17) is 0 Å². The monoisotopic (exact) mass is 272 g/mol. The van der Waals surface area contributed by atoms with Gasteiger partial charge in [0.1, 0.15) is 0 Å². The maximum absolute atomic E-state index is 4.60. The summed E-state index contributed by atoms with van der Waals surface area (Å²) in [6.45, 7) is 4.34. The lowest BCUT2D eigenvalue weighted by Gasteiger charge is -2.29. The Bertz CT molecular complexity index is 569. The summed E-state index contributed by atoms with van der Waals surface area (Å²) in [4.78, 5) is 4.60. The van der Waals surface area contributed by atoms with Crippen molar-refractivity contribution in [2.24, 2.45) is 5.92 Å². The van der Waals surface area contributed by atoms with Crippen LogP contribution in [-0.4, -0.2) is 20.6 Å². The summed E-state index contributed by atoms with van der Waals surface area (Å²) < 4.78 is 1.85. The van der Waals surface area contributed by atoms with Crippen LogP contribution in [0, 0.1) is 12.8 Å². The first-order valence-electron chi connectivity index (χ1n) is 7.86. The molecule has 1 N–H and O–H groups in total. The Labute approximate surface area is 120 Å². The Morgan fingerprint density at radius 3 is 2.90 bits per heavy atom. The Hall–Kier alpha value is -1.58. The number of rotatable bonds is 4. The third kappa shape index (κ3) is 2.79. The lowest BCUT2D eigenvalue weighted by atomic mass is 9.83. The molecule has 1 fully saturated rings. The van der Waals surface area contributed by atoms with E-state index in [2.05, 4.69) is 41.4 Å². The molecule has 4 heteroatoms. The van der Waals surface area contributed by atoms with E-state index in [0.717, 1.165) is 23.9 Å². The smallest absolute Gasteiger partial charge is 0.243 e. The normalized spacial score (nSPS) is 18.3. The molecule has 1 aliphatic rings. The van der Waals surface area contributed by atoms with Gasteiger partial charge in [-0.15, -0.1) is 5.10 Å². The van der Waals surface area contributed by atoms with Gasteiger partial charge in [0, 0.05) is 12.2 Å². The van der Waals surface area contributed by atoms with Crippen molar-refractivity contribution in [3.8, 4) is 0 Å². The minimum absolute atomic E-state index is 0.508. The van der Waals surface area contributed by atoms with Crippen molar-refractivity contribution in [1.29, 1.82) is 0 Å². The van der Waals surface area contributed by atoms with Crippen molar-refractivity contribution >= 4 is 11.6 Å². The van der Waals surface area contributed by atoms with Crippen molar-refractivity contribution in [3.05, 3.63) is 23.9 Å². The topological polar surface area (TPSA) is 42.2 Å². The molecule has 4 nitrogen and oxygen atoms in total. The zero-order chi connectivity index (χ0) is 13.9. The zero-order valence-corrected chi connectivity index (χ0v) is 12.5. The second kappa shape index (κ2) is 5.81. The van der Waals surface area contributed by atoms with Crippen LogP contribution >= 0.6 is 0 Å². The number of nitrogens with one attached hydrogen (secondary N) is 1. The maximum atomic E-state index is 4.60. The van der Waals surface area contributed by atoms with Gasteiger partial charge in [-0.05, 0) is 49.8 Å². The summed E-state index contributed by atoms with van der Waals surface area (Å²) in [5.74, 6) is 1.55. The van der Waals surface area contributed by atoms with Crippen LogP contribution < -0.4 is 5.32 Å². The lowest BCUT2D eigenvalue weighted by molar-refractivity contribution is 0.312. The van der Waals surface area contributed by atoms with Gasteiger partial charge in [-0.2, -0.15) is 4.98 Å². The largest absolute Gasteiger partial charge is 0.350 e. The fourth-order valence-corrected chi connectivity index (χ4v) is 3.30. The van der Waals surface area contributed by atoms with Gasteiger partial charge in [0.15, 0.2) is 5.65 Å². The Morgan fingerprint density at radius 1 is 1.35 bits per heavy atom. The predicted molar refractivity (Wildman–Crippen MR) is 82.0 cm³/mol. The van der Waals surface area contributed by atoms with Crippen LogP contribution in [0.3, 0.4) is 0 Å². The van der Waals surface area contributed by atoms with Gasteiger partial charge in [-0.25, -0.2) is 4.52 Å². The SMILES string of the molecule is CCC(Nc1nc2cc(C)ccn2n1)C1CCCCC1. The highest BCUT2D eigenvalue weighted by atomic mass is 15.3. The van der Waals surface area contributed by atoms with E-state index in [1.54, 1.807) is 0 Å². The van der Waals surface area contributed by atoms with Crippen molar-refractivity contribution in [2.75, 3.05) is 5.32 Å². The molecule has 0 saturated heterocycles. The summed E-state index contributed by atoms with van der Waals surface area (Å²) in [5.41, 5.74) is 2.14. The average molecular weight is 272 g/mol. The molecule has 0 spiro atoms. The average Bonchev–Trinajstić information content (AvgIpc) is 2.87. The minimum atomic E-state index is 0.508.